The summed E-state index contributed by atoms with van der Waals surface area (Å²) in [6.07, 6.45) is 2.66. The Kier molecular flexibility index (Phi) is 7.02. The lowest BCUT2D eigenvalue weighted by molar-refractivity contribution is 0.544. The molecular formula is C17H24N6O4S2. The summed E-state index contributed by atoms with van der Waals surface area (Å²) < 4.78 is 52.6. The summed E-state index contributed by atoms with van der Waals surface area (Å²) >= 11 is 0. The van der Waals surface area contributed by atoms with Crippen molar-refractivity contribution in [3.05, 3.63) is 35.7 Å². The summed E-state index contributed by atoms with van der Waals surface area (Å²) in [6, 6.07) is 5.83. The van der Waals surface area contributed by atoms with Gasteiger partial charge in [0.05, 0.1) is 34.6 Å². The second kappa shape index (κ2) is 8.91. The topological polar surface area (TPSA) is 160 Å². The van der Waals surface area contributed by atoms with Crippen LogP contribution in [0.4, 0.5) is 5.69 Å². The smallest absolute Gasteiger partial charge is 0.241 e. The van der Waals surface area contributed by atoms with E-state index in [1.807, 2.05) is 13.0 Å². The van der Waals surface area contributed by atoms with E-state index in [1.54, 1.807) is 14.0 Å². The number of benzene rings is 1. The first-order chi connectivity index (χ1) is 13.5. The minimum absolute atomic E-state index is 0.00127. The number of nitriles is 1. The number of sulfonamides is 2. The number of hydrogen-bond acceptors (Lipinski definition) is 7. The monoisotopic (exact) mass is 440 g/mol. The molecule has 29 heavy (non-hydrogen) atoms. The van der Waals surface area contributed by atoms with Gasteiger partial charge in [0.25, 0.3) is 0 Å². The first kappa shape index (κ1) is 22.8. The number of nitrogens with one attached hydrogen (secondary N) is 2. The third kappa shape index (κ3) is 5.54. The largest absolute Gasteiger partial charge is 0.378 e. The van der Waals surface area contributed by atoms with Crippen LogP contribution in [0.15, 0.2) is 34.2 Å². The van der Waals surface area contributed by atoms with E-state index in [0.717, 1.165) is 12.6 Å². The van der Waals surface area contributed by atoms with Gasteiger partial charge in [-0.15, -0.1) is 0 Å². The number of rotatable bonds is 9. The third-order valence-electron chi connectivity index (χ3n) is 4.28. The zero-order valence-corrected chi connectivity index (χ0v) is 18.0. The zero-order valence-electron chi connectivity index (χ0n) is 16.4. The maximum Gasteiger partial charge on any atom is 0.241 e. The van der Waals surface area contributed by atoms with Gasteiger partial charge in [0, 0.05) is 13.1 Å². The Labute approximate surface area is 170 Å². The van der Waals surface area contributed by atoms with Gasteiger partial charge in [-0.1, -0.05) is 13.3 Å². The Hall–Kier alpha value is -2.46. The minimum atomic E-state index is -3.98. The molecule has 0 amide bonds. The normalized spacial score (nSPS) is 13.1. The molecule has 1 unspecified atom stereocenters. The first-order valence-electron chi connectivity index (χ1n) is 8.83. The van der Waals surface area contributed by atoms with Gasteiger partial charge < -0.3 is 5.32 Å². The molecule has 0 radical (unpaired) electrons. The molecular weight excluding hydrogens is 416 g/mol. The SMILES string of the molecule is CCCC(C)NS(=O)(=O)c1ccc(C#N)c(NCc2c(S(N)(=O)=O)cnn2C)c1. The Morgan fingerprint density at radius 3 is 2.59 bits per heavy atom. The highest BCUT2D eigenvalue weighted by atomic mass is 32.2. The van der Waals surface area contributed by atoms with Crippen LogP contribution in [0.1, 0.15) is 37.9 Å². The standard InChI is InChI=1S/C17H24N6O4S2/c1-4-5-12(2)22-29(26,27)14-7-6-13(9-18)15(8-14)20-10-16-17(28(19,24)25)11-21-23(16)3/h6-8,11-12,20,22H,4-5,10H2,1-3H3,(H2,19,24,25). The van der Waals surface area contributed by atoms with Crippen LogP contribution in [-0.2, 0) is 33.6 Å². The fourth-order valence-corrected chi connectivity index (χ4v) is 4.85. The van der Waals surface area contributed by atoms with Crippen molar-refractivity contribution >= 4 is 25.7 Å². The van der Waals surface area contributed by atoms with E-state index in [1.165, 1.54) is 22.9 Å². The molecule has 0 aliphatic carbocycles. The molecule has 2 rings (SSSR count). The van der Waals surface area contributed by atoms with Crippen molar-refractivity contribution in [2.45, 2.75) is 49.1 Å². The molecule has 0 bridgehead atoms. The molecule has 2 aromatic rings. The lowest BCUT2D eigenvalue weighted by Crippen LogP contribution is -2.32. The summed E-state index contributed by atoms with van der Waals surface area (Å²) in [5.41, 5.74) is 0.740. The number of nitrogens with two attached hydrogens (primary N) is 1. The summed E-state index contributed by atoms with van der Waals surface area (Å²) in [4.78, 5) is -0.150. The molecule has 1 aromatic heterocycles. The summed E-state index contributed by atoms with van der Waals surface area (Å²) in [7, 11) is -6.20. The molecule has 1 heterocycles. The van der Waals surface area contributed by atoms with Gasteiger partial charge in [-0.2, -0.15) is 10.4 Å². The van der Waals surface area contributed by atoms with Crippen molar-refractivity contribution in [1.29, 1.82) is 5.26 Å². The Morgan fingerprint density at radius 2 is 2.00 bits per heavy atom. The van der Waals surface area contributed by atoms with Crippen LogP contribution in [0.25, 0.3) is 0 Å². The molecule has 0 saturated heterocycles. The molecule has 1 aromatic carbocycles. The number of aryl methyl sites for hydroxylation is 1. The Bertz CT molecular complexity index is 1130. The van der Waals surface area contributed by atoms with Crippen molar-refractivity contribution in [1.82, 2.24) is 14.5 Å². The molecule has 1 atom stereocenters. The van der Waals surface area contributed by atoms with E-state index in [2.05, 4.69) is 15.1 Å². The third-order valence-corrected chi connectivity index (χ3v) is 6.82. The van der Waals surface area contributed by atoms with Gasteiger partial charge in [0.2, 0.25) is 20.0 Å². The average molecular weight is 441 g/mol. The average Bonchev–Trinajstić information content (AvgIpc) is 3.00. The van der Waals surface area contributed by atoms with Gasteiger partial charge in [-0.3, -0.25) is 4.68 Å². The number of anilines is 1. The first-order valence-corrected chi connectivity index (χ1v) is 11.9. The van der Waals surface area contributed by atoms with Crippen LogP contribution >= 0.6 is 0 Å². The van der Waals surface area contributed by atoms with Crippen LogP contribution in [0, 0.1) is 11.3 Å². The van der Waals surface area contributed by atoms with Crippen molar-refractivity contribution in [3.8, 4) is 6.07 Å². The van der Waals surface area contributed by atoms with Crippen molar-refractivity contribution in [3.63, 3.8) is 0 Å². The van der Waals surface area contributed by atoms with Crippen LogP contribution in [0.2, 0.25) is 0 Å². The molecule has 12 heteroatoms. The lowest BCUT2D eigenvalue weighted by atomic mass is 10.2. The second-order valence-corrected chi connectivity index (χ2v) is 9.85. The fraction of sp³-hybridized carbons (Fsp3) is 0.412. The summed E-state index contributed by atoms with van der Waals surface area (Å²) in [5.74, 6) is 0. The van der Waals surface area contributed by atoms with Gasteiger partial charge in [0.15, 0.2) is 0 Å². The van der Waals surface area contributed by atoms with E-state index in [4.69, 9.17) is 5.14 Å². The number of primary sulfonamides is 1. The van der Waals surface area contributed by atoms with Crippen LogP contribution in [-0.4, -0.2) is 32.7 Å². The Morgan fingerprint density at radius 1 is 1.31 bits per heavy atom. The molecule has 158 valence electrons. The predicted octanol–water partition coefficient (Wildman–Crippen LogP) is 1.02. The molecule has 10 nitrogen and oxygen atoms in total. The quantitative estimate of drug-likeness (QED) is 0.524. The van der Waals surface area contributed by atoms with Gasteiger partial charge in [-0.25, -0.2) is 26.7 Å². The van der Waals surface area contributed by atoms with Gasteiger partial charge in [-0.05, 0) is 31.5 Å². The fourth-order valence-electron chi connectivity index (χ4n) is 2.82. The maximum atomic E-state index is 12.6. The van der Waals surface area contributed by atoms with Gasteiger partial charge >= 0.3 is 0 Å². The van der Waals surface area contributed by atoms with Crippen LogP contribution in [0.5, 0.6) is 0 Å². The summed E-state index contributed by atoms with van der Waals surface area (Å²) in [6.45, 7) is 3.71. The van der Waals surface area contributed by atoms with Gasteiger partial charge in [0.1, 0.15) is 11.0 Å². The second-order valence-electron chi connectivity index (χ2n) is 6.61. The molecule has 4 N–H and O–H groups in total. The highest BCUT2D eigenvalue weighted by Crippen LogP contribution is 2.23. The number of hydrogen-bond donors (Lipinski definition) is 3. The Balaban J connectivity index is 2.34. The summed E-state index contributed by atoms with van der Waals surface area (Å²) in [5, 5.41) is 21.3. The highest BCUT2D eigenvalue weighted by molar-refractivity contribution is 7.89. The van der Waals surface area contributed by atoms with Crippen molar-refractivity contribution < 1.29 is 16.8 Å². The maximum absolute atomic E-state index is 12.6. The van der Waals surface area contributed by atoms with E-state index in [0.29, 0.717) is 6.42 Å². The molecule has 0 aliphatic heterocycles. The lowest BCUT2D eigenvalue weighted by Gasteiger charge is -2.15. The molecule has 0 spiro atoms. The number of nitrogens with zero attached hydrogens (tertiary/aromatic N) is 3. The number of aromatic nitrogens is 2. The van der Waals surface area contributed by atoms with E-state index >= 15 is 0 Å². The highest BCUT2D eigenvalue weighted by Gasteiger charge is 2.21. The minimum Gasteiger partial charge on any atom is -0.378 e. The predicted molar refractivity (Wildman–Crippen MR) is 108 cm³/mol. The zero-order chi connectivity index (χ0) is 21.8. The molecule has 0 saturated carbocycles. The molecule has 0 aliphatic rings. The van der Waals surface area contributed by atoms with E-state index < -0.39 is 20.0 Å². The molecule has 0 fully saturated rings. The van der Waals surface area contributed by atoms with Crippen LogP contribution < -0.4 is 15.2 Å². The van der Waals surface area contributed by atoms with E-state index in [-0.39, 0.29) is 39.3 Å². The van der Waals surface area contributed by atoms with Crippen molar-refractivity contribution in [2.75, 3.05) is 5.32 Å². The van der Waals surface area contributed by atoms with Crippen molar-refractivity contribution in [2.24, 2.45) is 12.2 Å². The van der Waals surface area contributed by atoms with Crippen LogP contribution in [0.3, 0.4) is 0 Å². The van der Waals surface area contributed by atoms with E-state index in [9.17, 15) is 22.1 Å².